The molecule has 1 saturated carbocycles. The van der Waals surface area contributed by atoms with Gasteiger partial charge in [0, 0.05) is 31.9 Å². The molecule has 2 aliphatic carbocycles. The maximum absolute atomic E-state index is 12.2. The van der Waals surface area contributed by atoms with Crippen molar-refractivity contribution in [1.29, 1.82) is 0 Å². The van der Waals surface area contributed by atoms with Gasteiger partial charge in [-0.25, -0.2) is 0 Å². The molecule has 1 fully saturated rings. The minimum Gasteiger partial charge on any atom is -0.391 e. The summed E-state index contributed by atoms with van der Waals surface area (Å²) in [7, 11) is 2.00. The number of nitrogens with one attached hydrogen (secondary N) is 2. The van der Waals surface area contributed by atoms with Crippen LogP contribution in [0, 0.1) is 5.92 Å². The summed E-state index contributed by atoms with van der Waals surface area (Å²) in [5, 5.41) is 17.2. The molecule has 3 rings (SSSR count). The minimum atomic E-state index is -0.298. The molecule has 0 aromatic heterocycles. The highest BCUT2D eigenvalue weighted by atomic mass is 19.1. The van der Waals surface area contributed by atoms with E-state index in [2.05, 4.69) is 51.4 Å². The van der Waals surface area contributed by atoms with E-state index in [0.717, 1.165) is 25.2 Å². The average Bonchev–Trinajstić information content (AvgIpc) is 3.01. The minimum absolute atomic E-state index is 0.298. The van der Waals surface area contributed by atoms with Gasteiger partial charge in [0.2, 0.25) is 0 Å². The monoisotopic (exact) mass is 401 g/mol. The van der Waals surface area contributed by atoms with Crippen LogP contribution in [0.4, 0.5) is 4.39 Å². The molecule has 0 saturated heterocycles. The van der Waals surface area contributed by atoms with Crippen molar-refractivity contribution >= 4 is 0 Å². The fourth-order valence-electron chi connectivity index (χ4n) is 4.12. The fourth-order valence-corrected chi connectivity index (χ4v) is 4.12. The largest absolute Gasteiger partial charge is 0.391 e. The SMILES string of the molecule is CNC1=CC=C(/C=C/C2CCC(NCC3=CCN(CCCF)N=N3)CC2)CCC1. The van der Waals surface area contributed by atoms with Gasteiger partial charge < -0.3 is 10.6 Å². The number of halogens is 1. The number of hydrogen-bond acceptors (Lipinski definition) is 5. The Bertz CT molecular complexity index is 656. The maximum Gasteiger partial charge on any atom is 0.0911 e. The molecule has 6 heteroatoms. The molecule has 0 bridgehead atoms. The van der Waals surface area contributed by atoms with Gasteiger partial charge in [0.1, 0.15) is 0 Å². The maximum atomic E-state index is 12.2. The van der Waals surface area contributed by atoms with Crippen molar-refractivity contribution < 1.29 is 4.39 Å². The molecule has 0 atom stereocenters. The van der Waals surface area contributed by atoms with Crippen LogP contribution in [0.15, 0.2) is 57.7 Å². The van der Waals surface area contributed by atoms with Crippen LogP contribution in [0.5, 0.6) is 0 Å². The van der Waals surface area contributed by atoms with Crippen molar-refractivity contribution in [2.24, 2.45) is 16.3 Å². The van der Waals surface area contributed by atoms with Crippen molar-refractivity contribution in [3.63, 3.8) is 0 Å². The number of hydrogen-bond donors (Lipinski definition) is 2. The number of allylic oxidation sites excluding steroid dienone is 6. The number of alkyl halides is 1. The summed E-state index contributed by atoms with van der Waals surface area (Å²) in [6, 6.07) is 0.568. The van der Waals surface area contributed by atoms with Crippen molar-refractivity contribution in [2.75, 3.05) is 33.4 Å². The molecule has 29 heavy (non-hydrogen) atoms. The summed E-state index contributed by atoms with van der Waals surface area (Å²) in [4.78, 5) is 0. The molecule has 0 aromatic rings. The van der Waals surface area contributed by atoms with Gasteiger partial charge in [0.25, 0.3) is 0 Å². The van der Waals surface area contributed by atoms with Crippen LogP contribution in [-0.2, 0) is 0 Å². The highest BCUT2D eigenvalue weighted by molar-refractivity contribution is 5.28. The summed E-state index contributed by atoms with van der Waals surface area (Å²) in [6.07, 6.45) is 20.4. The summed E-state index contributed by atoms with van der Waals surface area (Å²) in [5.74, 6) is 0.697. The quantitative estimate of drug-likeness (QED) is 0.582. The topological polar surface area (TPSA) is 52.0 Å². The first-order chi connectivity index (χ1) is 14.3. The predicted octanol–water partition coefficient (Wildman–Crippen LogP) is 4.83. The molecule has 0 unspecified atom stereocenters. The van der Waals surface area contributed by atoms with Gasteiger partial charge in [-0.2, -0.15) is 0 Å². The molecule has 5 nitrogen and oxygen atoms in total. The summed E-state index contributed by atoms with van der Waals surface area (Å²) in [5.41, 5.74) is 3.78. The first-order valence-corrected chi connectivity index (χ1v) is 11.2. The molecule has 2 N–H and O–H groups in total. The van der Waals surface area contributed by atoms with Crippen LogP contribution in [-0.4, -0.2) is 44.4 Å². The van der Waals surface area contributed by atoms with E-state index < -0.39 is 0 Å². The second kappa shape index (κ2) is 11.9. The van der Waals surface area contributed by atoms with E-state index in [4.69, 9.17) is 0 Å². The Balaban J connectivity index is 1.35. The first kappa shape index (κ1) is 21.8. The zero-order valence-corrected chi connectivity index (χ0v) is 17.7. The van der Waals surface area contributed by atoms with E-state index in [-0.39, 0.29) is 6.67 Å². The predicted molar refractivity (Wildman–Crippen MR) is 117 cm³/mol. The van der Waals surface area contributed by atoms with E-state index in [1.807, 2.05) is 12.1 Å². The molecule has 3 aliphatic rings. The zero-order chi connectivity index (χ0) is 20.3. The second-order valence-electron chi connectivity index (χ2n) is 8.23. The Labute approximate surface area is 174 Å². The smallest absolute Gasteiger partial charge is 0.0911 e. The molecule has 1 aliphatic heterocycles. The number of nitrogens with zero attached hydrogens (tertiary/aromatic N) is 3. The summed E-state index contributed by atoms with van der Waals surface area (Å²) < 4.78 is 12.2. The molecule has 160 valence electrons. The van der Waals surface area contributed by atoms with Gasteiger partial charge in [-0.3, -0.25) is 9.40 Å². The van der Waals surface area contributed by atoms with E-state index in [0.29, 0.717) is 24.9 Å². The highest BCUT2D eigenvalue weighted by Gasteiger charge is 2.19. The molecule has 0 spiro atoms. The van der Waals surface area contributed by atoms with E-state index in [9.17, 15) is 4.39 Å². The van der Waals surface area contributed by atoms with E-state index >= 15 is 0 Å². The van der Waals surface area contributed by atoms with E-state index in [1.54, 1.807) is 0 Å². The Morgan fingerprint density at radius 1 is 1.21 bits per heavy atom. The van der Waals surface area contributed by atoms with Gasteiger partial charge in [0.05, 0.1) is 18.9 Å². The van der Waals surface area contributed by atoms with Gasteiger partial charge in [0.15, 0.2) is 0 Å². The van der Waals surface area contributed by atoms with E-state index in [1.165, 1.54) is 49.8 Å². The average molecular weight is 402 g/mol. The highest BCUT2D eigenvalue weighted by Crippen LogP contribution is 2.27. The summed E-state index contributed by atoms with van der Waals surface area (Å²) in [6.45, 7) is 1.85. The molecule has 0 aromatic carbocycles. The zero-order valence-electron chi connectivity index (χ0n) is 17.7. The summed E-state index contributed by atoms with van der Waals surface area (Å²) >= 11 is 0. The van der Waals surface area contributed by atoms with Gasteiger partial charge in [-0.1, -0.05) is 23.5 Å². The van der Waals surface area contributed by atoms with Gasteiger partial charge >= 0.3 is 0 Å². The molecular formula is C23H36FN5. The Hall–Kier alpha value is -1.95. The Morgan fingerprint density at radius 3 is 2.79 bits per heavy atom. The second-order valence-corrected chi connectivity index (χ2v) is 8.23. The fraction of sp³-hybridized carbons (Fsp3) is 0.652. The lowest BCUT2D eigenvalue weighted by Gasteiger charge is -2.28. The number of rotatable bonds is 9. The third kappa shape index (κ3) is 7.42. The molecule has 0 amide bonds. The van der Waals surface area contributed by atoms with Crippen LogP contribution in [0.2, 0.25) is 0 Å². The molecule has 0 radical (unpaired) electrons. The lowest BCUT2D eigenvalue weighted by molar-refractivity contribution is 0.268. The van der Waals surface area contributed by atoms with Gasteiger partial charge in [-0.05, 0) is 75.0 Å². The van der Waals surface area contributed by atoms with Crippen molar-refractivity contribution in [3.8, 4) is 0 Å². The van der Waals surface area contributed by atoms with Crippen LogP contribution in [0.25, 0.3) is 0 Å². The van der Waals surface area contributed by atoms with Crippen LogP contribution >= 0.6 is 0 Å². The van der Waals surface area contributed by atoms with Crippen LogP contribution < -0.4 is 10.6 Å². The Kier molecular flexibility index (Phi) is 8.93. The lowest BCUT2D eigenvalue weighted by Crippen LogP contribution is -2.34. The van der Waals surface area contributed by atoms with Crippen LogP contribution in [0.1, 0.15) is 51.4 Å². The first-order valence-electron chi connectivity index (χ1n) is 11.2. The van der Waals surface area contributed by atoms with Crippen molar-refractivity contribution in [3.05, 3.63) is 47.3 Å². The van der Waals surface area contributed by atoms with Crippen molar-refractivity contribution in [2.45, 2.75) is 57.4 Å². The molecular weight excluding hydrogens is 365 g/mol. The van der Waals surface area contributed by atoms with Gasteiger partial charge in [-0.15, -0.1) is 5.11 Å². The Morgan fingerprint density at radius 2 is 2.07 bits per heavy atom. The third-order valence-electron chi connectivity index (χ3n) is 6.04. The lowest BCUT2D eigenvalue weighted by atomic mass is 9.85. The standard InChI is InChI=1S/C23H36FN5/c1-25-21-5-2-4-19(8-11-21)6-7-20-9-12-22(13-10-20)26-18-23-14-17-29(28-27-23)16-3-15-24/h6-8,11,14,20,22,25-26H,2-5,9-10,12-13,15-18H2,1H3/b7-6+. The normalized spacial score (nSPS) is 25.4. The van der Waals surface area contributed by atoms with Crippen molar-refractivity contribution in [1.82, 2.24) is 15.6 Å². The molecule has 1 heterocycles. The van der Waals surface area contributed by atoms with Crippen LogP contribution in [0.3, 0.4) is 0 Å². The third-order valence-corrected chi connectivity index (χ3v) is 6.04.